The molecule has 0 aliphatic carbocycles. The van der Waals surface area contributed by atoms with E-state index in [0.717, 1.165) is 30.6 Å². The van der Waals surface area contributed by atoms with Crippen LogP contribution >= 0.6 is 11.5 Å². The topological polar surface area (TPSA) is 41.1 Å². The smallest absolute Gasteiger partial charge is 0.205 e. The maximum Gasteiger partial charge on any atom is 0.205 e. The van der Waals surface area contributed by atoms with Crippen LogP contribution in [0, 0.1) is 0 Å². The molecule has 5 heteroatoms. The largest absolute Gasteiger partial charge is 0.342 e. The number of hydrogen-bond acceptors (Lipinski definition) is 5. The number of nitrogens with one attached hydrogen (secondary N) is 1. The molecule has 4 nitrogen and oxygen atoms in total. The first-order valence-electron chi connectivity index (χ1n) is 5.49. The van der Waals surface area contributed by atoms with Crippen LogP contribution in [-0.2, 0) is 0 Å². The lowest BCUT2D eigenvalue weighted by Crippen LogP contribution is -2.49. The van der Waals surface area contributed by atoms with Crippen molar-refractivity contribution >= 4 is 16.7 Å². The molecule has 1 aliphatic rings. The highest BCUT2D eigenvalue weighted by Gasteiger charge is 2.21. The lowest BCUT2D eigenvalue weighted by atomic mass is 10.2. The predicted molar refractivity (Wildman–Crippen MR) is 63.7 cm³/mol. The molecule has 0 aromatic carbocycles. The molecule has 1 aromatic heterocycles. The third kappa shape index (κ3) is 2.29. The predicted octanol–water partition coefficient (Wildman–Crippen LogP) is 1.46. The lowest BCUT2D eigenvalue weighted by molar-refractivity contribution is 0.499. The molecule has 0 spiro atoms. The first-order chi connectivity index (χ1) is 7.18. The van der Waals surface area contributed by atoms with Crippen LogP contribution in [0.2, 0.25) is 0 Å². The molecular weight excluding hydrogens is 208 g/mol. The van der Waals surface area contributed by atoms with Gasteiger partial charge in [0.25, 0.3) is 0 Å². The van der Waals surface area contributed by atoms with Gasteiger partial charge >= 0.3 is 0 Å². The SMILES string of the molecule is CC(C)c1nsc(N2CCNCC2C)n1. The molecule has 0 amide bonds. The summed E-state index contributed by atoms with van der Waals surface area (Å²) < 4.78 is 4.39. The zero-order chi connectivity index (χ0) is 10.8. The van der Waals surface area contributed by atoms with Crippen LogP contribution in [0.1, 0.15) is 32.5 Å². The summed E-state index contributed by atoms with van der Waals surface area (Å²) in [5.74, 6) is 1.40. The van der Waals surface area contributed by atoms with Gasteiger partial charge in [-0.2, -0.15) is 4.37 Å². The summed E-state index contributed by atoms with van der Waals surface area (Å²) in [6.45, 7) is 9.61. The fourth-order valence-corrected chi connectivity index (χ4v) is 2.64. The second kappa shape index (κ2) is 4.45. The summed E-state index contributed by atoms with van der Waals surface area (Å²) in [5, 5.41) is 4.46. The summed E-state index contributed by atoms with van der Waals surface area (Å²) in [4.78, 5) is 6.94. The first kappa shape index (κ1) is 10.8. The van der Waals surface area contributed by atoms with Gasteiger partial charge in [-0.15, -0.1) is 0 Å². The monoisotopic (exact) mass is 226 g/mol. The molecule has 0 bridgehead atoms. The van der Waals surface area contributed by atoms with Gasteiger partial charge in [-0.05, 0) is 6.92 Å². The molecule has 15 heavy (non-hydrogen) atoms. The number of hydrogen-bond donors (Lipinski definition) is 1. The molecule has 2 rings (SSSR count). The van der Waals surface area contributed by atoms with Crippen molar-refractivity contribution in [2.75, 3.05) is 24.5 Å². The third-order valence-corrected chi connectivity index (χ3v) is 3.46. The molecule has 84 valence electrons. The molecule has 1 atom stereocenters. The van der Waals surface area contributed by atoms with Crippen LogP contribution in [0.4, 0.5) is 5.13 Å². The first-order valence-corrected chi connectivity index (χ1v) is 6.27. The van der Waals surface area contributed by atoms with E-state index in [0.29, 0.717) is 12.0 Å². The van der Waals surface area contributed by atoms with Crippen LogP contribution < -0.4 is 10.2 Å². The van der Waals surface area contributed by atoms with Crippen LogP contribution in [0.25, 0.3) is 0 Å². The maximum atomic E-state index is 4.59. The summed E-state index contributed by atoms with van der Waals surface area (Å²) >= 11 is 1.53. The quantitative estimate of drug-likeness (QED) is 0.829. The van der Waals surface area contributed by atoms with Gasteiger partial charge in [-0.25, -0.2) is 4.98 Å². The number of piperazine rings is 1. The second-order valence-electron chi connectivity index (χ2n) is 4.34. The van der Waals surface area contributed by atoms with Gasteiger partial charge in [-0.3, -0.25) is 0 Å². The normalized spacial score (nSPS) is 22.4. The van der Waals surface area contributed by atoms with Crippen molar-refractivity contribution in [2.45, 2.75) is 32.7 Å². The summed E-state index contributed by atoms with van der Waals surface area (Å²) in [5.41, 5.74) is 0. The van der Waals surface area contributed by atoms with Gasteiger partial charge in [0.2, 0.25) is 5.13 Å². The zero-order valence-corrected chi connectivity index (χ0v) is 10.3. The van der Waals surface area contributed by atoms with E-state index in [-0.39, 0.29) is 0 Å². The van der Waals surface area contributed by atoms with E-state index in [1.54, 1.807) is 0 Å². The van der Waals surface area contributed by atoms with Crippen molar-refractivity contribution in [2.24, 2.45) is 0 Å². The Labute approximate surface area is 94.9 Å². The van der Waals surface area contributed by atoms with Crippen molar-refractivity contribution in [3.63, 3.8) is 0 Å². The molecule has 1 aliphatic heterocycles. The van der Waals surface area contributed by atoms with E-state index >= 15 is 0 Å². The Hall–Kier alpha value is -0.680. The minimum absolute atomic E-state index is 0.424. The van der Waals surface area contributed by atoms with Crippen LogP contribution in [0.3, 0.4) is 0 Å². The Bertz CT molecular complexity index is 323. The van der Waals surface area contributed by atoms with Crippen molar-refractivity contribution in [1.29, 1.82) is 0 Å². The van der Waals surface area contributed by atoms with Crippen LogP contribution in [-0.4, -0.2) is 35.0 Å². The Balaban J connectivity index is 2.13. The highest BCUT2D eigenvalue weighted by molar-refractivity contribution is 7.09. The van der Waals surface area contributed by atoms with Crippen molar-refractivity contribution in [3.05, 3.63) is 5.82 Å². The third-order valence-electron chi connectivity index (χ3n) is 2.69. The van der Waals surface area contributed by atoms with Crippen molar-refractivity contribution in [1.82, 2.24) is 14.7 Å². The standard InChI is InChI=1S/C10H18N4S/c1-7(2)9-12-10(15-13-9)14-5-4-11-6-8(14)3/h7-8,11H,4-6H2,1-3H3. The molecule has 1 fully saturated rings. The van der Waals surface area contributed by atoms with E-state index in [4.69, 9.17) is 0 Å². The van der Waals surface area contributed by atoms with Crippen molar-refractivity contribution < 1.29 is 0 Å². The molecule has 1 saturated heterocycles. The molecule has 0 saturated carbocycles. The highest BCUT2D eigenvalue weighted by Crippen LogP contribution is 2.23. The molecule has 1 unspecified atom stereocenters. The van der Waals surface area contributed by atoms with Gasteiger partial charge in [0.05, 0.1) is 0 Å². The average Bonchev–Trinajstić information content (AvgIpc) is 2.67. The van der Waals surface area contributed by atoms with Gasteiger partial charge < -0.3 is 10.2 Å². The minimum Gasteiger partial charge on any atom is -0.342 e. The molecular formula is C10H18N4S. The Morgan fingerprint density at radius 2 is 2.33 bits per heavy atom. The van der Waals surface area contributed by atoms with E-state index < -0.39 is 0 Å². The minimum atomic E-state index is 0.424. The fourth-order valence-electron chi connectivity index (χ4n) is 1.70. The second-order valence-corrected chi connectivity index (χ2v) is 5.07. The van der Waals surface area contributed by atoms with E-state index in [2.05, 4.69) is 40.3 Å². The average molecular weight is 226 g/mol. The van der Waals surface area contributed by atoms with Crippen LogP contribution in [0.5, 0.6) is 0 Å². The highest BCUT2D eigenvalue weighted by atomic mass is 32.1. The molecule has 2 heterocycles. The van der Waals surface area contributed by atoms with E-state index in [1.165, 1.54) is 11.5 Å². The summed E-state index contributed by atoms with van der Waals surface area (Å²) in [6, 6.07) is 0.520. The number of aromatic nitrogens is 2. The van der Waals surface area contributed by atoms with Gasteiger partial charge in [0, 0.05) is 43.1 Å². The fraction of sp³-hybridized carbons (Fsp3) is 0.800. The molecule has 0 radical (unpaired) electrons. The van der Waals surface area contributed by atoms with Crippen molar-refractivity contribution in [3.8, 4) is 0 Å². The van der Waals surface area contributed by atoms with Gasteiger partial charge in [-0.1, -0.05) is 13.8 Å². The summed E-state index contributed by atoms with van der Waals surface area (Å²) in [7, 11) is 0. The number of anilines is 1. The van der Waals surface area contributed by atoms with E-state index in [9.17, 15) is 0 Å². The molecule has 1 N–H and O–H groups in total. The zero-order valence-electron chi connectivity index (χ0n) is 9.53. The number of nitrogens with zero attached hydrogens (tertiary/aromatic N) is 3. The van der Waals surface area contributed by atoms with Gasteiger partial charge in [0.1, 0.15) is 5.82 Å². The lowest BCUT2D eigenvalue weighted by Gasteiger charge is -2.33. The van der Waals surface area contributed by atoms with E-state index in [1.807, 2.05) is 0 Å². The summed E-state index contributed by atoms with van der Waals surface area (Å²) in [6.07, 6.45) is 0. The Morgan fingerprint density at radius 1 is 1.53 bits per heavy atom. The number of rotatable bonds is 2. The van der Waals surface area contributed by atoms with Gasteiger partial charge in [0.15, 0.2) is 0 Å². The Kier molecular flexibility index (Phi) is 3.21. The Morgan fingerprint density at radius 3 is 2.93 bits per heavy atom. The maximum absolute atomic E-state index is 4.59. The molecule has 1 aromatic rings. The van der Waals surface area contributed by atoms with Crippen LogP contribution in [0.15, 0.2) is 0 Å².